The maximum Gasteiger partial charge on any atom is 0.367 e. The van der Waals surface area contributed by atoms with Crippen LogP contribution in [0.25, 0.3) is 6.08 Å². The van der Waals surface area contributed by atoms with Gasteiger partial charge in [0.1, 0.15) is 0 Å². The van der Waals surface area contributed by atoms with E-state index in [4.69, 9.17) is 4.84 Å². The third kappa shape index (κ3) is 3.81. The molecule has 0 spiro atoms. The van der Waals surface area contributed by atoms with Gasteiger partial charge in [-0.1, -0.05) is 42.8 Å². The van der Waals surface area contributed by atoms with E-state index >= 15 is 0 Å². The van der Waals surface area contributed by atoms with Gasteiger partial charge in [-0.05, 0) is 30.2 Å². The van der Waals surface area contributed by atoms with Crippen molar-refractivity contribution in [2.24, 2.45) is 5.16 Å². The van der Waals surface area contributed by atoms with Crippen molar-refractivity contribution in [1.82, 2.24) is 0 Å². The predicted molar refractivity (Wildman–Crippen MR) is 86.3 cm³/mol. The molecule has 0 amide bonds. The second-order valence-corrected chi connectivity index (χ2v) is 5.09. The normalized spacial score (nSPS) is 16.4. The summed E-state index contributed by atoms with van der Waals surface area (Å²) in [5, 5.41) is 3.80. The standard InChI is InChI=1S/C17H20N2O2/c1-4-6-16-15(17(20)21-18-16)8-5-7-13-9-11-14(12-10-13)19(2)3/h5,7-12H,4,6H2,1-3H3/b7-5+,15-8+. The fourth-order valence-electron chi connectivity index (χ4n) is 2.03. The van der Waals surface area contributed by atoms with Gasteiger partial charge in [0.05, 0.1) is 11.3 Å². The number of carbonyl (C=O) groups is 1. The van der Waals surface area contributed by atoms with Crippen LogP contribution in [-0.4, -0.2) is 25.8 Å². The number of hydrogen-bond donors (Lipinski definition) is 0. The molecule has 1 aromatic carbocycles. The summed E-state index contributed by atoms with van der Waals surface area (Å²) in [7, 11) is 4.02. The largest absolute Gasteiger partial charge is 0.378 e. The van der Waals surface area contributed by atoms with Gasteiger partial charge >= 0.3 is 5.97 Å². The molecule has 0 N–H and O–H groups in total. The topological polar surface area (TPSA) is 41.9 Å². The van der Waals surface area contributed by atoms with Crippen LogP contribution in [0.1, 0.15) is 25.3 Å². The average Bonchev–Trinajstić information content (AvgIpc) is 2.81. The zero-order valence-corrected chi connectivity index (χ0v) is 12.7. The molecule has 0 unspecified atom stereocenters. The van der Waals surface area contributed by atoms with Gasteiger partial charge in [-0.25, -0.2) is 4.79 Å². The SMILES string of the molecule is CCCC1=NOC(=O)/C1=C/C=C/c1ccc(N(C)C)cc1. The predicted octanol–water partition coefficient (Wildman–Crippen LogP) is 3.41. The Labute approximate surface area is 125 Å². The summed E-state index contributed by atoms with van der Waals surface area (Å²) in [5.41, 5.74) is 3.52. The highest BCUT2D eigenvalue weighted by Crippen LogP contribution is 2.16. The number of allylic oxidation sites excluding steroid dienone is 2. The van der Waals surface area contributed by atoms with Crippen LogP contribution in [0.2, 0.25) is 0 Å². The molecule has 1 aromatic rings. The van der Waals surface area contributed by atoms with Crippen molar-refractivity contribution in [3.05, 3.63) is 47.6 Å². The van der Waals surface area contributed by atoms with E-state index < -0.39 is 0 Å². The van der Waals surface area contributed by atoms with Crippen molar-refractivity contribution in [3.63, 3.8) is 0 Å². The first-order valence-electron chi connectivity index (χ1n) is 7.06. The Morgan fingerprint density at radius 2 is 1.95 bits per heavy atom. The van der Waals surface area contributed by atoms with Crippen molar-refractivity contribution in [2.45, 2.75) is 19.8 Å². The van der Waals surface area contributed by atoms with Gasteiger partial charge < -0.3 is 9.74 Å². The monoisotopic (exact) mass is 284 g/mol. The Morgan fingerprint density at radius 3 is 2.57 bits per heavy atom. The lowest BCUT2D eigenvalue weighted by Gasteiger charge is -2.11. The molecule has 2 rings (SSSR count). The minimum absolute atomic E-state index is 0.369. The number of hydrogen-bond acceptors (Lipinski definition) is 4. The minimum atomic E-state index is -0.369. The lowest BCUT2D eigenvalue weighted by Crippen LogP contribution is -2.07. The van der Waals surface area contributed by atoms with Crippen LogP contribution >= 0.6 is 0 Å². The number of nitrogens with zero attached hydrogens (tertiary/aromatic N) is 2. The van der Waals surface area contributed by atoms with E-state index in [9.17, 15) is 4.79 Å². The second-order valence-electron chi connectivity index (χ2n) is 5.09. The maximum atomic E-state index is 11.6. The van der Waals surface area contributed by atoms with Crippen LogP contribution < -0.4 is 4.90 Å². The maximum absolute atomic E-state index is 11.6. The van der Waals surface area contributed by atoms with E-state index in [1.54, 1.807) is 6.08 Å². The number of carbonyl (C=O) groups excluding carboxylic acids is 1. The molecule has 0 bridgehead atoms. The number of benzene rings is 1. The van der Waals surface area contributed by atoms with Gasteiger partial charge in [-0.2, -0.15) is 0 Å². The molecule has 0 fully saturated rings. The van der Waals surface area contributed by atoms with Gasteiger partial charge in [0.25, 0.3) is 0 Å². The molecule has 1 heterocycles. The summed E-state index contributed by atoms with van der Waals surface area (Å²) in [5.74, 6) is -0.369. The molecular weight excluding hydrogens is 264 g/mol. The highest BCUT2D eigenvalue weighted by atomic mass is 16.7. The van der Waals surface area contributed by atoms with E-state index in [2.05, 4.69) is 22.2 Å². The number of oxime groups is 1. The third-order valence-electron chi connectivity index (χ3n) is 3.22. The lowest BCUT2D eigenvalue weighted by atomic mass is 10.1. The molecular formula is C17H20N2O2. The summed E-state index contributed by atoms with van der Waals surface area (Å²) in [6.45, 7) is 2.05. The first-order valence-corrected chi connectivity index (χ1v) is 7.06. The minimum Gasteiger partial charge on any atom is -0.378 e. The summed E-state index contributed by atoms with van der Waals surface area (Å²) >= 11 is 0. The van der Waals surface area contributed by atoms with Crippen LogP contribution in [0.5, 0.6) is 0 Å². The quantitative estimate of drug-likeness (QED) is 0.614. The van der Waals surface area contributed by atoms with Gasteiger partial charge in [0.2, 0.25) is 0 Å². The van der Waals surface area contributed by atoms with E-state index in [1.807, 2.05) is 45.3 Å². The molecule has 1 aliphatic rings. The molecule has 1 aliphatic heterocycles. The molecule has 110 valence electrons. The van der Waals surface area contributed by atoms with Gasteiger partial charge in [0, 0.05) is 19.8 Å². The molecule has 21 heavy (non-hydrogen) atoms. The Bertz CT molecular complexity index is 596. The first-order chi connectivity index (χ1) is 10.1. The van der Waals surface area contributed by atoms with Crippen LogP contribution in [0.4, 0.5) is 5.69 Å². The third-order valence-corrected chi connectivity index (χ3v) is 3.22. The van der Waals surface area contributed by atoms with Crippen molar-refractivity contribution in [2.75, 3.05) is 19.0 Å². The zero-order chi connectivity index (χ0) is 15.2. The van der Waals surface area contributed by atoms with Gasteiger partial charge in [-0.15, -0.1) is 0 Å². The molecule has 0 atom stereocenters. The molecule has 0 saturated carbocycles. The van der Waals surface area contributed by atoms with E-state index in [-0.39, 0.29) is 5.97 Å². The van der Waals surface area contributed by atoms with Crippen molar-refractivity contribution >= 4 is 23.4 Å². The Hall–Kier alpha value is -2.36. The molecule has 0 saturated heterocycles. The molecule has 0 aliphatic carbocycles. The fraction of sp³-hybridized carbons (Fsp3) is 0.294. The Kier molecular flexibility index (Phi) is 4.93. The highest BCUT2D eigenvalue weighted by molar-refractivity contribution is 6.22. The Morgan fingerprint density at radius 1 is 1.24 bits per heavy atom. The van der Waals surface area contributed by atoms with Gasteiger partial charge in [0.15, 0.2) is 0 Å². The number of rotatable bonds is 5. The summed E-state index contributed by atoms with van der Waals surface area (Å²) < 4.78 is 0. The first kappa shape index (κ1) is 15.0. The smallest absolute Gasteiger partial charge is 0.367 e. The summed E-state index contributed by atoms with van der Waals surface area (Å²) in [6, 6.07) is 8.19. The molecule has 4 heteroatoms. The molecule has 4 nitrogen and oxygen atoms in total. The fourth-order valence-corrected chi connectivity index (χ4v) is 2.03. The van der Waals surface area contributed by atoms with Gasteiger partial charge in [-0.3, -0.25) is 0 Å². The summed E-state index contributed by atoms with van der Waals surface area (Å²) in [4.78, 5) is 18.3. The van der Waals surface area contributed by atoms with Crippen molar-refractivity contribution in [1.29, 1.82) is 0 Å². The van der Waals surface area contributed by atoms with Crippen molar-refractivity contribution < 1.29 is 9.63 Å². The molecule has 0 aromatic heterocycles. The van der Waals surface area contributed by atoms with Crippen LogP contribution in [0, 0.1) is 0 Å². The lowest BCUT2D eigenvalue weighted by molar-refractivity contribution is -0.136. The Balaban J connectivity index is 2.08. The average molecular weight is 284 g/mol. The van der Waals surface area contributed by atoms with Crippen LogP contribution in [0.3, 0.4) is 0 Å². The van der Waals surface area contributed by atoms with E-state index in [1.165, 1.54) is 0 Å². The summed E-state index contributed by atoms with van der Waals surface area (Å²) in [6.07, 6.45) is 7.27. The van der Waals surface area contributed by atoms with Crippen LogP contribution in [0.15, 0.2) is 47.1 Å². The van der Waals surface area contributed by atoms with Crippen LogP contribution in [-0.2, 0) is 9.63 Å². The molecule has 0 radical (unpaired) electrons. The number of anilines is 1. The van der Waals surface area contributed by atoms with E-state index in [0.29, 0.717) is 5.57 Å². The van der Waals surface area contributed by atoms with E-state index in [0.717, 1.165) is 29.8 Å². The zero-order valence-electron chi connectivity index (χ0n) is 12.7. The van der Waals surface area contributed by atoms with Crippen molar-refractivity contribution in [3.8, 4) is 0 Å². The second kappa shape index (κ2) is 6.88. The highest BCUT2D eigenvalue weighted by Gasteiger charge is 2.23.